The van der Waals surface area contributed by atoms with E-state index in [1.165, 1.54) is 24.3 Å². The molecule has 0 atom stereocenters. The maximum atomic E-state index is 12.4. The summed E-state index contributed by atoms with van der Waals surface area (Å²) in [5, 5.41) is 2.46. The molecule has 8 heteroatoms. The van der Waals surface area contributed by atoms with Crippen LogP contribution in [0, 0.1) is 0 Å². The van der Waals surface area contributed by atoms with E-state index in [4.69, 9.17) is 10.5 Å². The van der Waals surface area contributed by atoms with Crippen molar-refractivity contribution in [3.8, 4) is 5.75 Å². The highest BCUT2D eigenvalue weighted by Gasteiger charge is 2.31. The Labute approximate surface area is 148 Å². The molecule has 2 aromatic carbocycles. The van der Waals surface area contributed by atoms with E-state index in [0.29, 0.717) is 0 Å². The summed E-state index contributed by atoms with van der Waals surface area (Å²) < 4.78 is 46.1. The third-order valence-corrected chi connectivity index (χ3v) is 3.13. The van der Waals surface area contributed by atoms with Gasteiger partial charge in [-0.25, -0.2) is 4.79 Å². The van der Waals surface area contributed by atoms with Gasteiger partial charge in [0.25, 0.3) is 0 Å². The van der Waals surface area contributed by atoms with Crippen molar-refractivity contribution in [3.63, 3.8) is 0 Å². The number of nitrogens with two attached hydrogens (primary N) is 1. The Balaban J connectivity index is 1.86. The van der Waals surface area contributed by atoms with Crippen LogP contribution in [0.4, 0.5) is 23.7 Å². The predicted octanol–water partition coefficient (Wildman–Crippen LogP) is 4.11. The first-order valence-corrected chi connectivity index (χ1v) is 7.60. The van der Waals surface area contributed by atoms with Gasteiger partial charge in [0.1, 0.15) is 12.4 Å². The third kappa shape index (κ3) is 6.76. The molecule has 0 fully saturated rings. The number of hydrogen-bond donors (Lipinski definition) is 2. The fourth-order valence-electron chi connectivity index (χ4n) is 2.02. The van der Waals surface area contributed by atoms with E-state index >= 15 is 0 Å². The molecule has 0 aliphatic rings. The zero-order chi connectivity index (χ0) is 19.0. The van der Waals surface area contributed by atoms with Crippen LogP contribution in [0.15, 0.2) is 54.6 Å². The average molecular weight is 366 g/mol. The largest absolute Gasteiger partial charge is 0.573 e. The normalized spacial score (nSPS) is 11.3. The van der Waals surface area contributed by atoms with Gasteiger partial charge in [-0.2, -0.15) is 0 Å². The van der Waals surface area contributed by atoms with Gasteiger partial charge in [-0.1, -0.05) is 42.5 Å². The molecule has 1 amide bonds. The topological polar surface area (TPSA) is 73.6 Å². The van der Waals surface area contributed by atoms with Crippen molar-refractivity contribution in [2.24, 2.45) is 0 Å². The van der Waals surface area contributed by atoms with Crippen molar-refractivity contribution in [2.45, 2.75) is 13.0 Å². The summed E-state index contributed by atoms with van der Waals surface area (Å²) in [4.78, 5) is 11.6. The molecule has 2 rings (SSSR count). The molecule has 0 unspecified atom stereocenters. The van der Waals surface area contributed by atoms with Gasteiger partial charge in [0.05, 0.1) is 0 Å². The van der Waals surface area contributed by atoms with Crippen LogP contribution in [0.5, 0.6) is 5.75 Å². The Hall–Kier alpha value is -3.16. The predicted molar refractivity (Wildman–Crippen MR) is 91.2 cm³/mol. The Morgan fingerprint density at radius 3 is 2.58 bits per heavy atom. The van der Waals surface area contributed by atoms with Crippen LogP contribution in [-0.4, -0.2) is 19.0 Å². The number of alkyl carbamates (subject to hydrolysis) is 1. The Morgan fingerprint density at radius 2 is 1.88 bits per heavy atom. The fourth-order valence-corrected chi connectivity index (χ4v) is 2.02. The number of nitrogen functional groups attached to an aromatic ring is 1. The zero-order valence-corrected chi connectivity index (χ0v) is 13.6. The number of amides is 1. The standard InChI is InChI=1S/C18H17F3N2O3/c19-18(20,21)26-16-9-8-15(22)11-14(16)7-4-10-23-17(24)25-12-13-5-2-1-3-6-13/h1-9,11H,10,12,22H2,(H,23,24). The fraction of sp³-hybridized carbons (Fsp3) is 0.167. The Bertz CT molecular complexity index is 762. The smallest absolute Gasteiger partial charge is 0.445 e. The van der Waals surface area contributed by atoms with Crippen molar-refractivity contribution in [3.05, 3.63) is 65.7 Å². The van der Waals surface area contributed by atoms with Crippen molar-refractivity contribution >= 4 is 17.9 Å². The molecule has 0 aromatic heterocycles. The van der Waals surface area contributed by atoms with Gasteiger partial charge in [0.2, 0.25) is 0 Å². The summed E-state index contributed by atoms with van der Waals surface area (Å²) in [6.07, 6.45) is -2.62. The van der Waals surface area contributed by atoms with Gasteiger partial charge in [-0.05, 0) is 23.8 Å². The lowest BCUT2D eigenvalue weighted by atomic mass is 10.1. The number of nitrogens with one attached hydrogen (secondary N) is 1. The first-order valence-electron chi connectivity index (χ1n) is 7.60. The van der Waals surface area contributed by atoms with Crippen LogP contribution in [-0.2, 0) is 11.3 Å². The number of hydrogen-bond acceptors (Lipinski definition) is 4. The lowest BCUT2D eigenvalue weighted by Gasteiger charge is -2.12. The molecule has 5 nitrogen and oxygen atoms in total. The minimum absolute atomic E-state index is 0.0634. The molecular formula is C18H17F3N2O3. The summed E-state index contributed by atoms with van der Waals surface area (Å²) in [6.45, 7) is 0.184. The summed E-state index contributed by atoms with van der Waals surface area (Å²) in [5.41, 5.74) is 6.84. The van der Waals surface area contributed by atoms with Crippen LogP contribution >= 0.6 is 0 Å². The van der Waals surface area contributed by atoms with Crippen LogP contribution in [0.1, 0.15) is 11.1 Å². The number of anilines is 1. The van der Waals surface area contributed by atoms with E-state index in [0.717, 1.165) is 11.6 Å². The van der Waals surface area contributed by atoms with E-state index in [1.807, 2.05) is 30.3 Å². The zero-order valence-electron chi connectivity index (χ0n) is 13.6. The second-order valence-electron chi connectivity index (χ2n) is 5.19. The maximum Gasteiger partial charge on any atom is 0.573 e. The molecule has 2 aromatic rings. The van der Waals surface area contributed by atoms with Gasteiger partial charge >= 0.3 is 12.5 Å². The SMILES string of the molecule is Nc1ccc(OC(F)(F)F)c(C=CCNC(=O)OCc2ccccc2)c1. The third-order valence-electron chi connectivity index (χ3n) is 3.13. The number of halogens is 3. The number of carbonyl (C=O) groups is 1. The monoisotopic (exact) mass is 366 g/mol. The number of benzene rings is 2. The highest BCUT2D eigenvalue weighted by molar-refractivity contribution is 5.68. The molecule has 3 N–H and O–H groups in total. The van der Waals surface area contributed by atoms with Crippen molar-refractivity contribution < 1.29 is 27.4 Å². The number of ether oxygens (including phenoxy) is 2. The summed E-state index contributed by atoms with van der Waals surface area (Å²) in [6, 6.07) is 12.9. The Morgan fingerprint density at radius 1 is 1.15 bits per heavy atom. The van der Waals surface area contributed by atoms with Crippen molar-refractivity contribution in [1.82, 2.24) is 5.32 Å². The molecule has 138 valence electrons. The molecule has 0 saturated carbocycles. The molecule has 0 heterocycles. The minimum Gasteiger partial charge on any atom is -0.445 e. The summed E-state index contributed by atoms with van der Waals surface area (Å²) in [5.74, 6) is -0.380. The lowest BCUT2D eigenvalue weighted by molar-refractivity contribution is -0.274. The molecule has 0 aliphatic carbocycles. The maximum absolute atomic E-state index is 12.4. The van der Waals surface area contributed by atoms with Crippen LogP contribution in [0.25, 0.3) is 6.08 Å². The van der Waals surface area contributed by atoms with Crippen LogP contribution in [0.2, 0.25) is 0 Å². The minimum atomic E-state index is -4.81. The number of carbonyl (C=O) groups excluding carboxylic acids is 1. The molecule has 0 bridgehead atoms. The first kappa shape index (κ1) is 19.2. The molecule has 0 radical (unpaired) electrons. The van der Waals surface area contributed by atoms with Gasteiger partial charge in [-0.15, -0.1) is 13.2 Å². The highest BCUT2D eigenvalue weighted by atomic mass is 19.4. The van der Waals surface area contributed by atoms with Crippen molar-refractivity contribution in [1.29, 1.82) is 0 Å². The van der Waals surface area contributed by atoms with Gasteiger partial charge < -0.3 is 20.5 Å². The van der Waals surface area contributed by atoms with Gasteiger partial charge in [-0.3, -0.25) is 0 Å². The van der Waals surface area contributed by atoms with E-state index in [-0.39, 0.29) is 30.2 Å². The molecule has 0 aliphatic heterocycles. The van der Waals surface area contributed by atoms with Crippen LogP contribution < -0.4 is 15.8 Å². The Kier molecular flexibility index (Phi) is 6.48. The second-order valence-corrected chi connectivity index (χ2v) is 5.19. The van der Waals surface area contributed by atoms with Gasteiger partial charge in [0, 0.05) is 17.8 Å². The van der Waals surface area contributed by atoms with E-state index in [1.54, 1.807) is 0 Å². The average Bonchev–Trinajstić information content (AvgIpc) is 2.59. The molecule has 26 heavy (non-hydrogen) atoms. The van der Waals surface area contributed by atoms with E-state index < -0.39 is 12.5 Å². The molecule has 0 saturated heterocycles. The van der Waals surface area contributed by atoms with Crippen molar-refractivity contribution in [2.75, 3.05) is 12.3 Å². The van der Waals surface area contributed by atoms with E-state index in [2.05, 4.69) is 10.1 Å². The van der Waals surface area contributed by atoms with Gasteiger partial charge in [0.15, 0.2) is 0 Å². The molecule has 0 spiro atoms. The molecular weight excluding hydrogens is 349 g/mol. The number of alkyl halides is 3. The van der Waals surface area contributed by atoms with Crippen LogP contribution in [0.3, 0.4) is 0 Å². The highest BCUT2D eigenvalue weighted by Crippen LogP contribution is 2.28. The quantitative estimate of drug-likeness (QED) is 0.755. The second kappa shape index (κ2) is 8.80. The summed E-state index contributed by atoms with van der Waals surface area (Å²) >= 11 is 0. The lowest BCUT2D eigenvalue weighted by Crippen LogP contribution is -2.24. The number of rotatable bonds is 6. The first-order chi connectivity index (χ1) is 12.3. The summed E-state index contributed by atoms with van der Waals surface area (Å²) in [7, 11) is 0. The van der Waals surface area contributed by atoms with E-state index in [9.17, 15) is 18.0 Å².